The lowest BCUT2D eigenvalue weighted by Crippen LogP contribution is -2.39. The van der Waals surface area contributed by atoms with Crippen molar-refractivity contribution in [3.05, 3.63) is 0 Å². The highest BCUT2D eigenvalue weighted by Gasteiger charge is 2.21. The van der Waals surface area contributed by atoms with Crippen molar-refractivity contribution >= 4 is 0 Å². The van der Waals surface area contributed by atoms with Gasteiger partial charge in [0.05, 0.1) is 0 Å². The number of hydrogen-bond acceptors (Lipinski definition) is 2. The fraction of sp³-hybridized carbons (Fsp3) is 1.00. The fourth-order valence-electron chi connectivity index (χ4n) is 1.87. The van der Waals surface area contributed by atoms with Gasteiger partial charge in [-0.05, 0) is 32.4 Å². The molecule has 3 N–H and O–H groups in total. The van der Waals surface area contributed by atoms with E-state index in [1.165, 1.54) is 25.7 Å². The predicted molar refractivity (Wildman–Crippen MR) is 43.9 cm³/mol. The van der Waals surface area contributed by atoms with Gasteiger partial charge in [0.2, 0.25) is 0 Å². The summed E-state index contributed by atoms with van der Waals surface area (Å²) in [7, 11) is 2.04. The van der Waals surface area contributed by atoms with Crippen molar-refractivity contribution in [2.24, 2.45) is 11.7 Å². The first kappa shape index (κ1) is 8.02. The van der Waals surface area contributed by atoms with Crippen LogP contribution in [-0.4, -0.2) is 19.6 Å². The average Bonchev–Trinajstić information content (AvgIpc) is 2.04. The van der Waals surface area contributed by atoms with E-state index in [9.17, 15) is 0 Å². The monoisotopic (exact) mass is 142 g/mol. The van der Waals surface area contributed by atoms with Gasteiger partial charge in [-0.15, -0.1) is 0 Å². The van der Waals surface area contributed by atoms with Crippen LogP contribution in [0.1, 0.15) is 25.7 Å². The van der Waals surface area contributed by atoms with E-state index in [4.69, 9.17) is 5.73 Å². The Morgan fingerprint density at radius 1 is 1.40 bits per heavy atom. The van der Waals surface area contributed by atoms with Gasteiger partial charge >= 0.3 is 0 Å². The van der Waals surface area contributed by atoms with E-state index in [0.29, 0.717) is 6.04 Å². The van der Waals surface area contributed by atoms with E-state index in [-0.39, 0.29) is 0 Å². The highest BCUT2D eigenvalue weighted by atomic mass is 14.9. The Hall–Kier alpha value is -0.0800. The van der Waals surface area contributed by atoms with E-state index >= 15 is 0 Å². The SMILES string of the molecule is CN[C@@H]1CCCC[C@H]1CN. The average molecular weight is 142 g/mol. The first-order chi connectivity index (χ1) is 4.88. The van der Waals surface area contributed by atoms with Crippen molar-refractivity contribution in [2.45, 2.75) is 31.7 Å². The molecule has 0 aromatic rings. The van der Waals surface area contributed by atoms with E-state index in [2.05, 4.69) is 5.32 Å². The smallest absolute Gasteiger partial charge is 0.0104 e. The Morgan fingerprint density at radius 2 is 2.10 bits per heavy atom. The molecule has 2 heteroatoms. The zero-order chi connectivity index (χ0) is 7.40. The summed E-state index contributed by atoms with van der Waals surface area (Å²) in [5, 5.41) is 3.32. The van der Waals surface area contributed by atoms with Gasteiger partial charge < -0.3 is 11.1 Å². The maximum atomic E-state index is 5.63. The molecule has 0 unspecified atom stereocenters. The molecule has 0 amide bonds. The third-order valence-corrected chi connectivity index (χ3v) is 2.58. The standard InChI is InChI=1S/C8H18N2/c1-10-8-5-3-2-4-7(8)6-9/h7-8,10H,2-6,9H2,1H3/t7-,8+/m0/s1. The van der Waals surface area contributed by atoms with Gasteiger partial charge in [0, 0.05) is 6.04 Å². The molecule has 0 aliphatic heterocycles. The summed E-state index contributed by atoms with van der Waals surface area (Å²) in [4.78, 5) is 0. The molecular formula is C8H18N2. The van der Waals surface area contributed by atoms with Crippen LogP contribution in [-0.2, 0) is 0 Å². The van der Waals surface area contributed by atoms with Crippen LogP contribution in [0.4, 0.5) is 0 Å². The van der Waals surface area contributed by atoms with Crippen LogP contribution in [0, 0.1) is 5.92 Å². The highest BCUT2D eigenvalue weighted by molar-refractivity contribution is 4.79. The van der Waals surface area contributed by atoms with E-state index < -0.39 is 0 Å². The number of hydrogen-bond donors (Lipinski definition) is 2. The summed E-state index contributed by atoms with van der Waals surface area (Å²) in [5.41, 5.74) is 5.63. The summed E-state index contributed by atoms with van der Waals surface area (Å²) >= 11 is 0. The van der Waals surface area contributed by atoms with Crippen molar-refractivity contribution in [1.29, 1.82) is 0 Å². The summed E-state index contributed by atoms with van der Waals surface area (Å²) < 4.78 is 0. The summed E-state index contributed by atoms with van der Waals surface area (Å²) in [5.74, 6) is 0.735. The Balaban J connectivity index is 2.34. The van der Waals surface area contributed by atoms with Crippen LogP contribution in [0.15, 0.2) is 0 Å². The third-order valence-electron chi connectivity index (χ3n) is 2.58. The normalized spacial score (nSPS) is 34.2. The Bertz CT molecular complexity index is 81.3. The molecule has 0 radical (unpaired) electrons. The quantitative estimate of drug-likeness (QED) is 0.596. The maximum absolute atomic E-state index is 5.63. The van der Waals surface area contributed by atoms with Crippen LogP contribution >= 0.6 is 0 Å². The van der Waals surface area contributed by atoms with Gasteiger partial charge in [0.15, 0.2) is 0 Å². The van der Waals surface area contributed by atoms with Crippen molar-refractivity contribution in [1.82, 2.24) is 5.32 Å². The number of rotatable bonds is 2. The van der Waals surface area contributed by atoms with Crippen molar-refractivity contribution < 1.29 is 0 Å². The second-order valence-electron chi connectivity index (χ2n) is 3.18. The van der Waals surface area contributed by atoms with Gasteiger partial charge in [-0.3, -0.25) is 0 Å². The molecule has 0 saturated heterocycles. The zero-order valence-corrected chi connectivity index (χ0v) is 6.77. The summed E-state index contributed by atoms with van der Waals surface area (Å²) in [6.07, 6.45) is 5.39. The number of nitrogens with two attached hydrogens (primary N) is 1. The molecular weight excluding hydrogens is 124 g/mol. The molecule has 0 aromatic carbocycles. The minimum atomic E-state index is 0.693. The second-order valence-corrected chi connectivity index (χ2v) is 3.18. The lowest BCUT2D eigenvalue weighted by molar-refractivity contribution is 0.281. The van der Waals surface area contributed by atoms with Gasteiger partial charge in [0.25, 0.3) is 0 Å². The molecule has 2 atom stereocenters. The number of nitrogens with one attached hydrogen (secondary N) is 1. The fourth-order valence-corrected chi connectivity index (χ4v) is 1.87. The first-order valence-electron chi connectivity index (χ1n) is 4.26. The van der Waals surface area contributed by atoms with E-state index in [1.807, 2.05) is 7.05 Å². The lowest BCUT2D eigenvalue weighted by atomic mass is 9.85. The van der Waals surface area contributed by atoms with Gasteiger partial charge in [-0.1, -0.05) is 12.8 Å². The predicted octanol–water partition coefficient (Wildman–Crippen LogP) is 0.723. The van der Waals surface area contributed by atoms with Crippen molar-refractivity contribution in [2.75, 3.05) is 13.6 Å². The molecule has 10 heavy (non-hydrogen) atoms. The molecule has 60 valence electrons. The Labute approximate surface area is 63.2 Å². The molecule has 1 aliphatic rings. The molecule has 2 nitrogen and oxygen atoms in total. The third kappa shape index (κ3) is 1.70. The van der Waals surface area contributed by atoms with Gasteiger partial charge in [-0.2, -0.15) is 0 Å². The maximum Gasteiger partial charge on any atom is 0.0104 e. The minimum absolute atomic E-state index is 0.693. The first-order valence-corrected chi connectivity index (χ1v) is 4.26. The Kier molecular flexibility index (Phi) is 3.16. The highest BCUT2D eigenvalue weighted by Crippen LogP contribution is 2.22. The van der Waals surface area contributed by atoms with Crippen molar-refractivity contribution in [3.8, 4) is 0 Å². The topological polar surface area (TPSA) is 38.0 Å². The molecule has 1 rings (SSSR count). The molecule has 0 aromatic heterocycles. The second kappa shape index (κ2) is 3.94. The molecule has 1 aliphatic carbocycles. The molecule has 1 fully saturated rings. The summed E-state index contributed by atoms with van der Waals surface area (Å²) in [6.45, 7) is 0.853. The summed E-state index contributed by atoms with van der Waals surface area (Å²) in [6, 6.07) is 0.693. The molecule has 0 heterocycles. The minimum Gasteiger partial charge on any atom is -0.330 e. The van der Waals surface area contributed by atoms with Crippen molar-refractivity contribution in [3.63, 3.8) is 0 Å². The van der Waals surface area contributed by atoms with Gasteiger partial charge in [0.1, 0.15) is 0 Å². The molecule has 1 saturated carbocycles. The van der Waals surface area contributed by atoms with Crippen LogP contribution in [0.5, 0.6) is 0 Å². The van der Waals surface area contributed by atoms with Crippen LogP contribution in [0.3, 0.4) is 0 Å². The van der Waals surface area contributed by atoms with Gasteiger partial charge in [-0.25, -0.2) is 0 Å². The largest absolute Gasteiger partial charge is 0.330 e. The molecule has 0 bridgehead atoms. The lowest BCUT2D eigenvalue weighted by Gasteiger charge is -2.30. The molecule has 0 spiro atoms. The van der Waals surface area contributed by atoms with Crippen LogP contribution in [0.25, 0.3) is 0 Å². The van der Waals surface area contributed by atoms with E-state index in [0.717, 1.165) is 12.5 Å². The van der Waals surface area contributed by atoms with E-state index in [1.54, 1.807) is 0 Å². The van der Waals surface area contributed by atoms with Crippen LogP contribution in [0.2, 0.25) is 0 Å². The van der Waals surface area contributed by atoms with Crippen LogP contribution < -0.4 is 11.1 Å². The zero-order valence-electron chi connectivity index (χ0n) is 6.77. The Morgan fingerprint density at radius 3 is 2.60 bits per heavy atom.